The fourth-order valence-electron chi connectivity index (χ4n) is 2.33. The third-order valence-electron chi connectivity index (χ3n) is 3.19. The minimum atomic E-state index is 0. The normalized spacial score (nSPS) is 20.2. The highest BCUT2D eigenvalue weighted by molar-refractivity contribution is 5.85. The maximum Gasteiger partial charge on any atom is 0.160 e. The number of nitrogens with zero attached hydrogens (tertiary/aromatic N) is 1. The largest absolute Gasteiger partial charge is 0.504 e. The summed E-state index contributed by atoms with van der Waals surface area (Å²) in [4.78, 5) is 2.33. The molecule has 1 unspecified atom stereocenters. The molecule has 1 aliphatic heterocycles. The van der Waals surface area contributed by atoms with Crippen LogP contribution in [0.25, 0.3) is 0 Å². The Labute approximate surface area is 114 Å². The Balaban J connectivity index is 0.00000162. The van der Waals surface area contributed by atoms with Crippen molar-refractivity contribution in [1.82, 2.24) is 4.90 Å². The van der Waals surface area contributed by atoms with Gasteiger partial charge in [-0.1, -0.05) is 6.07 Å². The van der Waals surface area contributed by atoms with E-state index in [9.17, 15) is 5.11 Å². The maximum absolute atomic E-state index is 9.70. The highest BCUT2D eigenvalue weighted by Gasteiger charge is 2.16. The van der Waals surface area contributed by atoms with Gasteiger partial charge in [-0.25, -0.2) is 0 Å². The second-order valence-electron chi connectivity index (χ2n) is 4.64. The van der Waals surface area contributed by atoms with Crippen LogP contribution in [-0.2, 0) is 6.54 Å². The maximum atomic E-state index is 9.70. The summed E-state index contributed by atoms with van der Waals surface area (Å²) in [6.45, 7) is 2.86. The quantitative estimate of drug-likeness (QED) is 0.880. The fourth-order valence-corrected chi connectivity index (χ4v) is 2.33. The zero-order valence-electron chi connectivity index (χ0n) is 10.6. The lowest BCUT2D eigenvalue weighted by molar-refractivity contribution is 0.201. The molecule has 0 radical (unpaired) electrons. The van der Waals surface area contributed by atoms with Crippen LogP contribution in [0.4, 0.5) is 0 Å². The molecular weight excluding hydrogens is 252 g/mol. The summed E-state index contributed by atoms with van der Waals surface area (Å²) in [7, 11) is 1.55. The van der Waals surface area contributed by atoms with Gasteiger partial charge in [-0.15, -0.1) is 12.4 Å². The van der Waals surface area contributed by atoms with Gasteiger partial charge in [0, 0.05) is 19.1 Å². The Morgan fingerprint density at radius 2 is 2.28 bits per heavy atom. The number of nitrogens with two attached hydrogens (primary N) is 1. The van der Waals surface area contributed by atoms with Gasteiger partial charge in [0.05, 0.1) is 7.11 Å². The second kappa shape index (κ2) is 6.83. The Hall–Kier alpha value is -0.970. The molecule has 1 aliphatic rings. The van der Waals surface area contributed by atoms with Crippen LogP contribution in [0.5, 0.6) is 11.5 Å². The minimum Gasteiger partial charge on any atom is -0.504 e. The van der Waals surface area contributed by atoms with E-state index in [-0.39, 0.29) is 24.2 Å². The van der Waals surface area contributed by atoms with Crippen molar-refractivity contribution >= 4 is 12.4 Å². The van der Waals surface area contributed by atoms with E-state index in [0.717, 1.165) is 38.0 Å². The molecule has 1 heterocycles. The van der Waals surface area contributed by atoms with Crippen LogP contribution in [0.2, 0.25) is 0 Å². The number of phenols is 1. The summed E-state index contributed by atoms with van der Waals surface area (Å²) in [6, 6.07) is 5.84. The third kappa shape index (κ3) is 3.77. The fraction of sp³-hybridized carbons (Fsp3) is 0.538. The van der Waals surface area contributed by atoms with E-state index >= 15 is 0 Å². The van der Waals surface area contributed by atoms with Crippen LogP contribution >= 0.6 is 12.4 Å². The highest BCUT2D eigenvalue weighted by atomic mass is 35.5. The molecule has 2 rings (SSSR count). The molecule has 1 aromatic carbocycles. The molecule has 18 heavy (non-hydrogen) atoms. The summed E-state index contributed by atoms with van der Waals surface area (Å²) < 4.78 is 5.02. The summed E-state index contributed by atoms with van der Waals surface area (Å²) in [5.41, 5.74) is 7.04. The Morgan fingerprint density at radius 3 is 2.89 bits per heavy atom. The predicted molar refractivity (Wildman–Crippen MR) is 74.4 cm³/mol. The monoisotopic (exact) mass is 272 g/mol. The van der Waals surface area contributed by atoms with Gasteiger partial charge in [0.25, 0.3) is 0 Å². The van der Waals surface area contributed by atoms with Crippen molar-refractivity contribution in [2.75, 3.05) is 20.2 Å². The van der Waals surface area contributed by atoms with E-state index < -0.39 is 0 Å². The Morgan fingerprint density at radius 1 is 1.50 bits per heavy atom. The average Bonchev–Trinajstić information content (AvgIpc) is 2.29. The molecule has 1 atom stereocenters. The summed E-state index contributed by atoms with van der Waals surface area (Å²) >= 11 is 0. The highest BCUT2D eigenvalue weighted by Crippen LogP contribution is 2.27. The van der Waals surface area contributed by atoms with Gasteiger partial charge in [-0.2, -0.15) is 0 Å². The molecule has 0 aromatic heterocycles. The zero-order valence-corrected chi connectivity index (χ0v) is 11.4. The molecule has 0 amide bonds. The summed E-state index contributed by atoms with van der Waals surface area (Å²) in [5, 5.41) is 9.70. The molecule has 1 aromatic rings. The first kappa shape index (κ1) is 15.1. The van der Waals surface area contributed by atoms with Crippen molar-refractivity contribution < 1.29 is 9.84 Å². The lowest BCUT2D eigenvalue weighted by Crippen LogP contribution is -2.42. The van der Waals surface area contributed by atoms with Gasteiger partial charge in [0.15, 0.2) is 11.5 Å². The molecule has 5 heteroatoms. The van der Waals surface area contributed by atoms with E-state index in [4.69, 9.17) is 10.5 Å². The van der Waals surface area contributed by atoms with Crippen molar-refractivity contribution in [2.45, 2.75) is 25.4 Å². The molecule has 4 nitrogen and oxygen atoms in total. The van der Waals surface area contributed by atoms with Crippen LogP contribution in [0.3, 0.4) is 0 Å². The van der Waals surface area contributed by atoms with Crippen LogP contribution in [0.15, 0.2) is 18.2 Å². The van der Waals surface area contributed by atoms with Crippen molar-refractivity contribution in [3.05, 3.63) is 23.8 Å². The molecule has 0 bridgehead atoms. The number of hydrogen-bond donors (Lipinski definition) is 2. The van der Waals surface area contributed by atoms with Gasteiger partial charge < -0.3 is 15.6 Å². The number of methoxy groups -OCH3 is 1. The van der Waals surface area contributed by atoms with Gasteiger partial charge in [-0.05, 0) is 37.1 Å². The van der Waals surface area contributed by atoms with E-state index in [2.05, 4.69) is 4.90 Å². The number of aromatic hydroxyl groups is 1. The van der Waals surface area contributed by atoms with E-state index in [0.29, 0.717) is 5.75 Å². The number of piperidine rings is 1. The van der Waals surface area contributed by atoms with E-state index in [1.807, 2.05) is 6.07 Å². The molecule has 0 spiro atoms. The average molecular weight is 273 g/mol. The van der Waals surface area contributed by atoms with E-state index in [1.54, 1.807) is 19.2 Å². The number of rotatable bonds is 3. The first-order valence-electron chi connectivity index (χ1n) is 6.03. The second-order valence-corrected chi connectivity index (χ2v) is 4.64. The van der Waals surface area contributed by atoms with Crippen molar-refractivity contribution in [3.8, 4) is 11.5 Å². The van der Waals surface area contributed by atoms with Gasteiger partial charge in [0.2, 0.25) is 0 Å². The first-order valence-corrected chi connectivity index (χ1v) is 6.03. The standard InChI is InChI=1S/C13H20N2O2.ClH/c1-17-13-5-4-10(7-12(13)16)8-15-6-2-3-11(14)9-15;/h4-5,7,11,16H,2-3,6,8-9,14H2,1H3;1H. The van der Waals surface area contributed by atoms with Gasteiger partial charge >= 0.3 is 0 Å². The SMILES string of the molecule is COc1ccc(CN2CCCC(N)C2)cc1O.Cl. The van der Waals surface area contributed by atoms with Crippen LogP contribution in [-0.4, -0.2) is 36.2 Å². The predicted octanol–water partition coefficient (Wildman–Crippen LogP) is 1.75. The summed E-state index contributed by atoms with van der Waals surface area (Å²) in [5.74, 6) is 0.718. The van der Waals surface area contributed by atoms with Crippen LogP contribution in [0, 0.1) is 0 Å². The van der Waals surface area contributed by atoms with Crippen molar-refractivity contribution in [2.24, 2.45) is 5.73 Å². The molecular formula is C13H21ClN2O2. The minimum absolute atomic E-state index is 0. The smallest absolute Gasteiger partial charge is 0.160 e. The van der Waals surface area contributed by atoms with Crippen LogP contribution < -0.4 is 10.5 Å². The van der Waals surface area contributed by atoms with Gasteiger partial charge in [-0.3, -0.25) is 4.90 Å². The molecule has 0 aliphatic carbocycles. The van der Waals surface area contributed by atoms with Gasteiger partial charge in [0.1, 0.15) is 0 Å². The van der Waals surface area contributed by atoms with Crippen molar-refractivity contribution in [3.63, 3.8) is 0 Å². The molecule has 3 N–H and O–H groups in total. The van der Waals surface area contributed by atoms with Crippen molar-refractivity contribution in [1.29, 1.82) is 0 Å². The lowest BCUT2D eigenvalue weighted by Gasteiger charge is -2.30. The number of halogens is 1. The Kier molecular flexibility index (Phi) is 5.72. The lowest BCUT2D eigenvalue weighted by atomic mass is 10.1. The molecule has 1 fully saturated rings. The molecule has 0 saturated carbocycles. The zero-order chi connectivity index (χ0) is 12.3. The number of phenolic OH excluding ortho intramolecular Hbond substituents is 1. The topological polar surface area (TPSA) is 58.7 Å². The van der Waals surface area contributed by atoms with E-state index in [1.165, 1.54) is 0 Å². The number of benzene rings is 1. The first-order chi connectivity index (χ1) is 8.19. The number of likely N-dealkylation sites (tertiary alicyclic amines) is 1. The number of hydrogen-bond acceptors (Lipinski definition) is 4. The molecule has 102 valence electrons. The summed E-state index contributed by atoms with van der Waals surface area (Å²) in [6.07, 6.45) is 2.27. The Bertz CT molecular complexity index is 387. The number of ether oxygens (including phenoxy) is 1. The third-order valence-corrected chi connectivity index (χ3v) is 3.19. The molecule has 1 saturated heterocycles. The van der Waals surface area contributed by atoms with Crippen LogP contribution in [0.1, 0.15) is 18.4 Å².